The number of fused-ring (bicyclic) bond motifs is 1. The van der Waals surface area contributed by atoms with Crippen molar-refractivity contribution in [3.8, 4) is 5.75 Å². The molecule has 0 spiro atoms. The van der Waals surface area contributed by atoms with E-state index in [1.54, 1.807) is 31.2 Å². The first-order valence-electron chi connectivity index (χ1n) is 9.35. The number of nitrogens with one attached hydrogen (secondary N) is 1. The second-order valence-electron chi connectivity index (χ2n) is 6.75. The van der Waals surface area contributed by atoms with Crippen molar-refractivity contribution < 1.29 is 37.0 Å². The number of carbonyl (C=O) groups excluding carboxylic acids is 3. The number of halogens is 3. The van der Waals surface area contributed by atoms with Crippen LogP contribution in [0.4, 0.5) is 24.5 Å². The van der Waals surface area contributed by atoms with E-state index in [0.717, 1.165) is 24.3 Å². The van der Waals surface area contributed by atoms with Crippen LogP contribution in [-0.2, 0) is 25.3 Å². The van der Waals surface area contributed by atoms with Crippen LogP contribution < -0.4 is 15.0 Å². The Morgan fingerprint density at radius 2 is 1.81 bits per heavy atom. The molecule has 1 atom stereocenters. The summed E-state index contributed by atoms with van der Waals surface area (Å²) >= 11 is 0. The number of hydrogen-bond acceptors (Lipinski definition) is 5. The third-order valence-electron chi connectivity index (χ3n) is 4.47. The van der Waals surface area contributed by atoms with Gasteiger partial charge in [0.25, 0.3) is 11.8 Å². The molecule has 164 valence electrons. The minimum Gasteiger partial charge on any atom is -0.479 e. The van der Waals surface area contributed by atoms with Gasteiger partial charge < -0.3 is 19.7 Å². The highest BCUT2D eigenvalue weighted by molar-refractivity contribution is 6.00. The predicted molar refractivity (Wildman–Crippen MR) is 105 cm³/mol. The minimum atomic E-state index is -4.47. The summed E-state index contributed by atoms with van der Waals surface area (Å²) in [7, 11) is 0. The Morgan fingerprint density at radius 1 is 1.13 bits per heavy atom. The lowest BCUT2D eigenvalue weighted by Gasteiger charge is -2.32. The molecule has 1 N–H and O–H groups in total. The molecule has 0 saturated carbocycles. The molecule has 31 heavy (non-hydrogen) atoms. The second kappa shape index (κ2) is 9.07. The number of rotatable bonds is 6. The van der Waals surface area contributed by atoms with Crippen molar-refractivity contribution in [2.24, 2.45) is 0 Å². The van der Waals surface area contributed by atoms with Crippen LogP contribution in [0, 0.1) is 0 Å². The van der Waals surface area contributed by atoms with Crippen molar-refractivity contribution in [2.45, 2.75) is 25.6 Å². The Bertz CT molecular complexity index is 976. The Labute approximate surface area is 175 Å². The molecule has 0 aromatic heterocycles. The molecule has 1 unspecified atom stereocenters. The van der Waals surface area contributed by atoms with E-state index in [1.165, 1.54) is 4.90 Å². The van der Waals surface area contributed by atoms with Gasteiger partial charge in [-0.15, -0.1) is 0 Å². The number of nitrogens with zero attached hydrogens (tertiary/aromatic N) is 1. The maximum Gasteiger partial charge on any atom is 0.416 e. The molecule has 0 aliphatic carbocycles. The lowest BCUT2D eigenvalue weighted by molar-refractivity contribution is -0.147. The van der Waals surface area contributed by atoms with E-state index in [4.69, 9.17) is 9.47 Å². The number of alkyl halides is 3. The predicted octanol–water partition coefficient (Wildman–Crippen LogP) is 3.39. The molecule has 2 aromatic carbocycles. The van der Waals surface area contributed by atoms with E-state index in [-0.39, 0.29) is 24.6 Å². The van der Waals surface area contributed by atoms with E-state index in [0.29, 0.717) is 11.4 Å². The van der Waals surface area contributed by atoms with Gasteiger partial charge in [0, 0.05) is 12.2 Å². The first-order chi connectivity index (χ1) is 14.6. The monoisotopic (exact) mass is 436 g/mol. The summed E-state index contributed by atoms with van der Waals surface area (Å²) in [5.41, 5.74) is -0.164. The van der Waals surface area contributed by atoms with Crippen LogP contribution in [-0.4, -0.2) is 37.0 Å². The highest BCUT2D eigenvalue weighted by atomic mass is 19.4. The van der Waals surface area contributed by atoms with Gasteiger partial charge in [0.2, 0.25) is 0 Å². The van der Waals surface area contributed by atoms with Gasteiger partial charge in [0.15, 0.2) is 12.7 Å². The molecule has 1 aliphatic rings. The summed E-state index contributed by atoms with van der Waals surface area (Å²) in [6, 6.07) is 10.8. The van der Waals surface area contributed by atoms with Crippen LogP contribution in [0.1, 0.15) is 18.9 Å². The number of benzene rings is 2. The first kappa shape index (κ1) is 22.1. The van der Waals surface area contributed by atoms with Crippen LogP contribution in [0.25, 0.3) is 0 Å². The Hall–Kier alpha value is -3.56. The maximum atomic E-state index is 12.6. The number of esters is 1. The zero-order valence-corrected chi connectivity index (χ0v) is 16.4. The summed E-state index contributed by atoms with van der Waals surface area (Å²) in [4.78, 5) is 37.7. The Balaban J connectivity index is 1.48. The Kier molecular flexibility index (Phi) is 6.47. The van der Waals surface area contributed by atoms with Crippen molar-refractivity contribution in [3.63, 3.8) is 0 Å². The number of anilines is 2. The summed E-state index contributed by atoms with van der Waals surface area (Å²) < 4.78 is 48.1. The van der Waals surface area contributed by atoms with Gasteiger partial charge in [-0.05, 0) is 43.3 Å². The largest absolute Gasteiger partial charge is 0.479 e. The first-order valence-corrected chi connectivity index (χ1v) is 9.35. The van der Waals surface area contributed by atoms with Gasteiger partial charge in [-0.25, -0.2) is 0 Å². The fourth-order valence-corrected chi connectivity index (χ4v) is 2.95. The number of carbonyl (C=O) groups is 3. The fraction of sp³-hybridized carbons (Fsp3) is 0.286. The average molecular weight is 436 g/mol. The average Bonchev–Trinajstić information content (AvgIpc) is 2.72. The van der Waals surface area contributed by atoms with E-state index in [9.17, 15) is 27.6 Å². The summed E-state index contributed by atoms with van der Waals surface area (Å²) in [5.74, 6) is -1.17. The quantitative estimate of drug-likeness (QED) is 0.702. The van der Waals surface area contributed by atoms with Crippen molar-refractivity contribution in [1.82, 2.24) is 0 Å². The van der Waals surface area contributed by atoms with Crippen LogP contribution in [0.2, 0.25) is 0 Å². The summed E-state index contributed by atoms with van der Waals surface area (Å²) in [6.07, 6.45) is -5.32. The van der Waals surface area contributed by atoms with E-state index in [1.807, 2.05) is 0 Å². The van der Waals surface area contributed by atoms with E-state index in [2.05, 4.69) is 5.32 Å². The molecule has 10 heteroatoms. The highest BCUT2D eigenvalue weighted by Gasteiger charge is 2.32. The normalized spacial score (nSPS) is 15.7. The third-order valence-corrected chi connectivity index (χ3v) is 4.47. The van der Waals surface area contributed by atoms with Crippen molar-refractivity contribution in [2.75, 3.05) is 23.4 Å². The number of ether oxygens (including phenoxy) is 2. The Morgan fingerprint density at radius 3 is 2.48 bits per heavy atom. The van der Waals surface area contributed by atoms with Gasteiger partial charge >= 0.3 is 12.1 Å². The van der Waals surface area contributed by atoms with Crippen LogP contribution in [0.3, 0.4) is 0 Å². The number of amides is 2. The van der Waals surface area contributed by atoms with Gasteiger partial charge in [-0.3, -0.25) is 14.4 Å². The smallest absolute Gasteiger partial charge is 0.416 e. The van der Waals surface area contributed by atoms with Gasteiger partial charge in [0.05, 0.1) is 17.7 Å². The molecule has 0 saturated heterocycles. The second-order valence-corrected chi connectivity index (χ2v) is 6.75. The zero-order valence-electron chi connectivity index (χ0n) is 16.4. The molecule has 0 radical (unpaired) electrons. The minimum absolute atomic E-state index is 0.0445. The van der Waals surface area contributed by atoms with Crippen LogP contribution in [0.15, 0.2) is 48.5 Å². The SMILES string of the molecule is CC1Oc2ccccc2N(CCC(=O)OCC(=O)Nc2ccc(C(F)(F)F)cc2)C1=O. The van der Waals surface area contributed by atoms with Gasteiger partial charge in [-0.2, -0.15) is 13.2 Å². The lowest BCUT2D eigenvalue weighted by atomic mass is 10.2. The lowest BCUT2D eigenvalue weighted by Crippen LogP contribution is -2.45. The van der Waals surface area contributed by atoms with Crippen molar-refractivity contribution in [1.29, 1.82) is 0 Å². The van der Waals surface area contributed by atoms with Gasteiger partial charge in [-0.1, -0.05) is 12.1 Å². The molecular weight excluding hydrogens is 417 g/mol. The van der Waals surface area contributed by atoms with Gasteiger partial charge in [0.1, 0.15) is 5.75 Å². The number of hydrogen-bond donors (Lipinski definition) is 1. The molecule has 1 aliphatic heterocycles. The van der Waals surface area contributed by atoms with Crippen molar-refractivity contribution in [3.05, 3.63) is 54.1 Å². The molecule has 0 fully saturated rings. The maximum absolute atomic E-state index is 12.6. The molecule has 2 aromatic rings. The molecule has 7 nitrogen and oxygen atoms in total. The summed E-state index contributed by atoms with van der Waals surface area (Å²) in [6.45, 7) is 1.04. The van der Waals surface area contributed by atoms with E-state index < -0.39 is 36.3 Å². The third kappa shape index (κ3) is 5.53. The molecule has 2 amide bonds. The standard InChI is InChI=1S/C21H19F3N2O5/c1-13-20(29)26(16-4-2-3-5-17(16)31-13)11-10-19(28)30-12-18(27)25-15-8-6-14(7-9-15)21(22,23)24/h2-9,13H,10-12H2,1H3,(H,25,27). The molecule has 3 rings (SSSR count). The van der Waals surface area contributed by atoms with Crippen molar-refractivity contribution >= 4 is 29.2 Å². The molecule has 0 bridgehead atoms. The summed E-state index contributed by atoms with van der Waals surface area (Å²) in [5, 5.41) is 2.34. The fourth-order valence-electron chi connectivity index (χ4n) is 2.95. The molecule has 1 heterocycles. The van der Waals surface area contributed by atoms with E-state index >= 15 is 0 Å². The zero-order chi connectivity index (χ0) is 22.6. The van der Waals surface area contributed by atoms with Crippen LogP contribution in [0.5, 0.6) is 5.75 Å². The number of para-hydroxylation sites is 2. The topological polar surface area (TPSA) is 84.9 Å². The highest BCUT2D eigenvalue weighted by Crippen LogP contribution is 2.33. The van der Waals surface area contributed by atoms with Crippen LogP contribution >= 0.6 is 0 Å². The molecular formula is C21H19F3N2O5.